The molecule has 0 saturated carbocycles. The van der Waals surface area contributed by atoms with Crippen molar-refractivity contribution in [1.29, 1.82) is 0 Å². The minimum absolute atomic E-state index is 0.0598. The molecule has 2 aromatic carbocycles. The molecule has 0 radical (unpaired) electrons. The summed E-state index contributed by atoms with van der Waals surface area (Å²) in [6, 6.07) is 17.0. The van der Waals surface area contributed by atoms with Crippen LogP contribution in [0.1, 0.15) is 31.0 Å². The van der Waals surface area contributed by atoms with Gasteiger partial charge in [-0.2, -0.15) is 0 Å². The predicted molar refractivity (Wildman–Crippen MR) is 89.9 cm³/mol. The molecule has 3 heteroatoms. The molecule has 0 aliphatic carbocycles. The Labute approximate surface area is 129 Å². The molecule has 0 aliphatic heterocycles. The van der Waals surface area contributed by atoms with Crippen molar-refractivity contribution in [2.45, 2.75) is 26.4 Å². The molecule has 0 aromatic heterocycles. The Morgan fingerprint density at radius 2 is 1.85 bits per heavy atom. The molecule has 0 fully saturated rings. The van der Waals surface area contributed by atoms with Crippen LogP contribution in [0, 0.1) is 0 Å². The first-order valence-electron chi connectivity index (χ1n) is 6.95. The van der Waals surface area contributed by atoms with Crippen molar-refractivity contribution >= 4 is 21.6 Å². The molecule has 2 nitrogen and oxygen atoms in total. The first kappa shape index (κ1) is 15.1. The summed E-state index contributed by atoms with van der Waals surface area (Å²) in [6.07, 6.45) is 0. The lowest BCUT2D eigenvalue weighted by Gasteiger charge is -2.25. The average molecular weight is 333 g/mol. The number of anilines is 1. The van der Waals surface area contributed by atoms with Crippen LogP contribution in [0.5, 0.6) is 0 Å². The number of nitrogens with two attached hydrogens (primary N) is 1. The van der Waals surface area contributed by atoms with E-state index in [2.05, 4.69) is 70.2 Å². The molecule has 0 unspecified atom stereocenters. The SMILES string of the molecule is CCN(Cc1ccccc1)c1ccc([C@@H](C)N)cc1Br. The van der Waals surface area contributed by atoms with Gasteiger partial charge < -0.3 is 10.6 Å². The van der Waals surface area contributed by atoms with Crippen LogP contribution in [0.2, 0.25) is 0 Å². The van der Waals surface area contributed by atoms with Gasteiger partial charge in [0.2, 0.25) is 0 Å². The topological polar surface area (TPSA) is 29.3 Å². The van der Waals surface area contributed by atoms with Gasteiger partial charge in [0.05, 0.1) is 5.69 Å². The van der Waals surface area contributed by atoms with Gasteiger partial charge in [-0.3, -0.25) is 0 Å². The molecule has 0 amide bonds. The highest BCUT2D eigenvalue weighted by molar-refractivity contribution is 9.10. The van der Waals surface area contributed by atoms with E-state index in [1.807, 2.05) is 13.0 Å². The second-order valence-corrected chi connectivity index (χ2v) is 5.85. The van der Waals surface area contributed by atoms with Gasteiger partial charge in [-0.15, -0.1) is 0 Å². The summed E-state index contributed by atoms with van der Waals surface area (Å²) in [6.45, 7) is 6.05. The standard InChI is InChI=1S/C17H21BrN2/c1-3-20(12-14-7-5-4-6-8-14)17-10-9-15(13(2)19)11-16(17)18/h4-11,13H,3,12,19H2,1-2H3/t13-/m1/s1. The van der Waals surface area contributed by atoms with Crippen molar-refractivity contribution in [3.05, 3.63) is 64.1 Å². The molecule has 0 bridgehead atoms. The monoisotopic (exact) mass is 332 g/mol. The third kappa shape index (κ3) is 3.62. The normalized spacial score (nSPS) is 12.2. The van der Waals surface area contributed by atoms with E-state index in [0.29, 0.717) is 0 Å². The van der Waals surface area contributed by atoms with Gasteiger partial charge in [0.1, 0.15) is 0 Å². The predicted octanol–water partition coefficient (Wildman–Crippen LogP) is 4.50. The smallest absolute Gasteiger partial charge is 0.0513 e. The van der Waals surface area contributed by atoms with Crippen LogP contribution in [0.3, 0.4) is 0 Å². The highest BCUT2D eigenvalue weighted by Gasteiger charge is 2.10. The van der Waals surface area contributed by atoms with Gasteiger partial charge in [-0.1, -0.05) is 36.4 Å². The van der Waals surface area contributed by atoms with Gasteiger partial charge in [0.15, 0.2) is 0 Å². The number of hydrogen-bond donors (Lipinski definition) is 1. The van der Waals surface area contributed by atoms with Gasteiger partial charge >= 0.3 is 0 Å². The van der Waals surface area contributed by atoms with Crippen LogP contribution in [0.4, 0.5) is 5.69 Å². The Bertz CT molecular complexity index is 552. The Morgan fingerprint density at radius 3 is 2.40 bits per heavy atom. The Hall–Kier alpha value is -1.32. The highest BCUT2D eigenvalue weighted by atomic mass is 79.9. The van der Waals surface area contributed by atoms with Gasteiger partial charge in [0, 0.05) is 23.6 Å². The molecule has 0 aliphatic rings. The lowest BCUT2D eigenvalue weighted by atomic mass is 10.1. The molecule has 0 heterocycles. The minimum atomic E-state index is 0.0598. The van der Waals surface area contributed by atoms with Crippen molar-refractivity contribution in [2.24, 2.45) is 5.73 Å². The number of benzene rings is 2. The zero-order valence-corrected chi connectivity index (χ0v) is 13.6. The van der Waals surface area contributed by atoms with E-state index in [9.17, 15) is 0 Å². The van der Waals surface area contributed by atoms with Crippen LogP contribution in [-0.2, 0) is 6.54 Å². The first-order valence-corrected chi connectivity index (χ1v) is 7.75. The second kappa shape index (κ2) is 6.91. The maximum Gasteiger partial charge on any atom is 0.0513 e. The average Bonchev–Trinajstić information content (AvgIpc) is 2.46. The van der Waals surface area contributed by atoms with E-state index < -0.39 is 0 Å². The molecule has 0 spiro atoms. The second-order valence-electron chi connectivity index (χ2n) is 5.00. The maximum absolute atomic E-state index is 5.93. The zero-order valence-electron chi connectivity index (χ0n) is 12.0. The Balaban J connectivity index is 2.23. The molecule has 2 aromatic rings. The maximum atomic E-state index is 5.93. The van der Waals surface area contributed by atoms with E-state index in [1.54, 1.807) is 0 Å². The summed E-state index contributed by atoms with van der Waals surface area (Å²) in [5.41, 5.74) is 9.61. The third-order valence-electron chi connectivity index (χ3n) is 3.44. The van der Waals surface area contributed by atoms with Crippen molar-refractivity contribution < 1.29 is 0 Å². The highest BCUT2D eigenvalue weighted by Crippen LogP contribution is 2.30. The van der Waals surface area contributed by atoms with Crippen LogP contribution in [0.15, 0.2) is 53.0 Å². The zero-order chi connectivity index (χ0) is 14.5. The molecular formula is C17H21BrN2. The molecule has 0 saturated heterocycles. The molecular weight excluding hydrogens is 312 g/mol. The fourth-order valence-corrected chi connectivity index (χ4v) is 2.88. The van der Waals surface area contributed by atoms with E-state index in [-0.39, 0.29) is 6.04 Å². The molecule has 106 valence electrons. The van der Waals surface area contributed by atoms with Crippen LogP contribution in [-0.4, -0.2) is 6.54 Å². The van der Waals surface area contributed by atoms with Crippen LogP contribution >= 0.6 is 15.9 Å². The molecule has 20 heavy (non-hydrogen) atoms. The lowest BCUT2D eigenvalue weighted by Crippen LogP contribution is -2.22. The first-order chi connectivity index (χ1) is 9.61. The van der Waals surface area contributed by atoms with Gasteiger partial charge in [0.25, 0.3) is 0 Å². The van der Waals surface area contributed by atoms with Crippen LogP contribution < -0.4 is 10.6 Å². The van der Waals surface area contributed by atoms with Gasteiger partial charge in [-0.05, 0) is 53.0 Å². The third-order valence-corrected chi connectivity index (χ3v) is 4.07. The van der Waals surface area contributed by atoms with Crippen molar-refractivity contribution in [3.8, 4) is 0 Å². The number of hydrogen-bond acceptors (Lipinski definition) is 2. The number of nitrogens with zero attached hydrogens (tertiary/aromatic N) is 1. The summed E-state index contributed by atoms with van der Waals surface area (Å²) in [7, 11) is 0. The van der Waals surface area contributed by atoms with E-state index in [4.69, 9.17) is 5.73 Å². The Kier molecular flexibility index (Phi) is 5.21. The summed E-state index contributed by atoms with van der Waals surface area (Å²) in [5, 5.41) is 0. The fourth-order valence-electron chi connectivity index (χ4n) is 2.23. The quantitative estimate of drug-likeness (QED) is 0.873. The van der Waals surface area contributed by atoms with Crippen molar-refractivity contribution in [3.63, 3.8) is 0 Å². The number of rotatable bonds is 5. The molecule has 2 N–H and O–H groups in total. The Morgan fingerprint density at radius 1 is 1.15 bits per heavy atom. The largest absolute Gasteiger partial charge is 0.367 e. The lowest BCUT2D eigenvalue weighted by molar-refractivity contribution is 0.808. The van der Waals surface area contributed by atoms with E-state index in [0.717, 1.165) is 23.1 Å². The summed E-state index contributed by atoms with van der Waals surface area (Å²) >= 11 is 3.67. The van der Waals surface area contributed by atoms with E-state index in [1.165, 1.54) is 11.3 Å². The summed E-state index contributed by atoms with van der Waals surface area (Å²) in [5.74, 6) is 0. The summed E-state index contributed by atoms with van der Waals surface area (Å²) in [4.78, 5) is 2.35. The molecule has 2 rings (SSSR count). The van der Waals surface area contributed by atoms with E-state index >= 15 is 0 Å². The van der Waals surface area contributed by atoms with Gasteiger partial charge in [-0.25, -0.2) is 0 Å². The molecule has 1 atom stereocenters. The fraction of sp³-hybridized carbons (Fsp3) is 0.294. The van der Waals surface area contributed by atoms with Crippen LogP contribution in [0.25, 0.3) is 0 Å². The van der Waals surface area contributed by atoms with Crippen molar-refractivity contribution in [1.82, 2.24) is 0 Å². The van der Waals surface area contributed by atoms with Crippen molar-refractivity contribution in [2.75, 3.05) is 11.4 Å². The number of halogens is 1. The minimum Gasteiger partial charge on any atom is -0.367 e. The summed E-state index contributed by atoms with van der Waals surface area (Å²) < 4.78 is 1.10.